The SMILES string of the molecule is C[Si]C.Cc1cc2ccccc2[cH-]1.Cc1cc2ccccc2[cH-]1.Cc1cccc(C)c1[O-].Cc1cccc(C)c1[O-].[Zr+4]. The van der Waals surface area contributed by atoms with Crippen LogP contribution in [0.5, 0.6) is 11.5 Å². The first-order valence-electron chi connectivity index (χ1n) is 13.9. The first kappa shape index (κ1) is 36.8. The molecule has 0 aliphatic heterocycles. The molecule has 0 saturated heterocycles. The number of aryl methyl sites for hydroxylation is 6. The van der Waals surface area contributed by atoms with Crippen molar-refractivity contribution in [1.29, 1.82) is 0 Å². The zero-order chi connectivity index (χ0) is 30.4. The van der Waals surface area contributed by atoms with Gasteiger partial charge in [-0.15, -0.1) is 92.7 Å². The minimum atomic E-state index is 0. The van der Waals surface area contributed by atoms with E-state index in [2.05, 4.69) is 99.7 Å². The molecule has 0 amide bonds. The Morgan fingerprint density at radius 1 is 0.476 bits per heavy atom. The van der Waals surface area contributed by atoms with Crippen molar-refractivity contribution in [2.75, 3.05) is 0 Å². The van der Waals surface area contributed by atoms with Gasteiger partial charge in [0.1, 0.15) is 0 Å². The molecule has 0 heterocycles. The molecule has 42 heavy (non-hydrogen) atoms. The standard InChI is InChI=1S/2C10H9.2C8H10O.C2H6Si.Zr/c2*1-8-6-9-4-2-3-5-10(9)7-8;2*1-6-4-3-5-7(2)8(6)9;1-3-2;/h2*2-7H,1H3;2*3-5,9H,1-2H3;1-2H3;/q2*-1;;;;+4/p-2. The normalized spacial score (nSPS) is 9.52. The summed E-state index contributed by atoms with van der Waals surface area (Å²) in [4.78, 5) is 0. The van der Waals surface area contributed by atoms with Gasteiger partial charge >= 0.3 is 26.2 Å². The maximum Gasteiger partial charge on any atom is 4.00 e. The van der Waals surface area contributed by atoms with E-state index in [0.717, 1.165) is 31.8 Å². The third-order valence-electron chi connectivity index (χ3n) is 6.34. The minimum absolute atomic E-state index is 0. The Hall–Kier alpha value is -3.20. The predicted octanol–water partition coefficient (Wildman–Crippen LogP) is 9.27. The van der Waals surface area contributed by atoms with Crippen LogP contribution < -0.4 is 10.2 Å². The summed E-state index contributed by atoms with van der Waals surface area (Å²) in [5, 5.41) is 27.3. The van der Waals surface area contributed by atoms with Gasteiger partial charge in [0, 0.05) is 9.52 Å². The molecule has 6 rings (SSSR count). The average molecular weight is 650 g/mol. The Morgan fingerprint density at radius 3 is 1.02 bits per heavy atom. The smallest absolute Gasteiger partial charge is 0.872 e. The topological polar surface area (TPSA) is 46.1 Å². The van der Waals surface area contributed by atoms with Crippen LogP contribution in [0.15, 0.2) is 109 Å². The molecule has 0 fully saturated rings. The quantitative estimate of drug-likeness (QED) is 0.122. The summed E-state index contributed by atoms with van der Waals surface area (Å²) in [7, 11) is 1.08. The Bertz CT molecular complexity index is 1400. The molecule has 6 aromatic carbocycles. The van der Waals surface area contributed by atoms with Gasteiger partial charge in [0.2, 0.25) is 0 Å². The van der Waals surface area contributed by atoms with Gasteiger partial charge in [-0.25, -0.2) is 0 Å². The summed E-state index contributed by atoms with van der Waals surface area (Å²) >= 11 is 0. The molecule has 0 spiro atoms. The third-order valence-corrected chi connectivity index (χ3v) is 6.34. The molecule has 0 saturated carbocycles. The summed E-state index contributed by atoms with van der Waals surface area (Å²) in [6.07, 6.45) is 0. The van der Waals surface area contributed by atoms with E-state index in [9.17, 15) is 10.2 Å². The van der Waals surface area contributed by atoms with E-state index in [1.165, 1.54) is 32.7 Å². The van der Waals surface area contributed by atoms with Crippen LogP contribution in [-0.2, 0) is 26.2 Å². The van der Waals surface area contributed by atoms with Gasteiger partial charge < -0.3 is 10.2 Å². The number of fused-ring (bicyclic) bond motifs is 2. The molecule has 0 aliphatic rings. The molecule has 0 aliphatic carbocycles. The van der Waals surface area contributed by atoms with Crippen molar-refractivity contribution in [3.63, 3.8) is 0 Å². The molecule has 0 bridgehead atoms. The van der Waals surface area contributed by atoms with Crippen LogP contribution in [0.2, 0.25) is 13.1 Å². The summed E-state index contributed by atoms with van der Waals surface area (Å²) in [6.45, 7) is 15.9. The van der Waals surface area contributed by atoms with E-state index in [-0.39, 0.29) is 37.7 Å². The second-order valence-corrected chi connectivity index (χ2v) is 11.3. The van der Waals surface area contributed by atoms with Crippen LogP contribution >= 0.6 is 0 Å². The molecular weight excluding hydrogens is 608 g/mol. The van der Waals surface area contributed by atoms with Gasteiger partial charge in [-0.1, -0.05) is 97.7 Å². The average Bonchev–Trinajstić information content (AvgIpc) is 3.52. The zero-order valence-electron chi connectivity index (χ0n) is 26.2. The Morgan fingerprint density at radius 2 is 0.762 bits per heavy atom. The Balaban J connectivity index is 0.000000270. The maximum absolute atomic E-state index is 11.0. The van der Waals surface area contributed by atoms with Crippen molar-refractivity contribution in [2.24, 2.45) is 0 Å². The van der Waals surface area contributed by atoms with Crippen molar-refractivity contribution in [2.45, 2.75) is 54.6 Å². The summed E-state index contributed by atoms with van der Waals surface area (Å²) in [5.74, 6) is 0.329. The van der Waals surface area contributed by atoms with E-state index < -0.39 is 0 Å². The molecule has 0 N–H and O–H groups in total. The van der Waals surface area contributed by atoms with Gasteiger partial charge in [-0.3, -0.25) is 0 Å². The van der Waals surface area contributed by atoms with Crippen LogP contribution in [0.25, 0.3) is 21.5 Å². The molecule has 0 aromatic heterocycles. The molecule has 0 atom stereocenters. The zero-order valence-corrected chi connectivity index (χ0v) is 29.7. The molecule has 214 valence electrons. The number of benzene rings is 4. The second-order valence-electron chi connectivity index (χ2n) is 10.3. The minimum Gasteiger partial charge on any atom is -0.872 e. The number of hydrogen-bond acceptors (Lipinski definition) is 2. The first-order valence-corrected chi connectivity index (χ1v) is 15.9. The van der Waals surface area contributed by atoms with Crippen LogP contribution in [-0.4, -0.2) is 9.52 Å². The van der Waals surface area contributed by atoms with Gasteiger partial charge in [0.05, 0.1) is 0 Å². The third kappa shape index (κ3) is 12.0. The van der Waals surface area contributed by atoms with E-state index in [1.807, 2.05) is 64.1 Å². The number of para-hydroxylation sites is 2. The van der Waals surface area contributed by atoms with Crippen LogP contribution in [0, 0.1) is 41.5 Å². The van der Waals surface area contributed by atoms with Gasteiger partial charge in [-0.2, -0.15) is 12.1 Å². The van der Waals surface area contributed by atoms with Gasteiger partial charge in [0.25, 0.3) is 0 Å². The molecule has 6 aromatic rings. The molecule has 2 nitrogen and oxygen atoms in total. The fraction of sp³-hybridized carbons (Fsp3) is 0.211. The van der Waals surface area contributed by atoms with Gasteiger partial charge in [0.15, 0.2) is 0 Å². The van der Waals surface area contributed by atoms with Crippen molar-refractivity contribution in [3.8, 4) is 11.5 Å². The summed E-state index contributed by atoms with van der Waals surface area (Å²) in [6, 6.07) is 36.8. The largest absolute Gasteiger partial charge is 4.00 e. The monoisotopic (exact) mass is 648 g/mol. The van der Waals surface area contributed by atoms with E-state index in [1.54, 1.807) is 0 Å². The summed E-state index contributed by atoms with van der Waals surface area (Å²) < 4.78 is 0. The van der Waals surface area contributed by atoms with Crippen molar-refractivity contribution >= 4 is 31.1 Å². The first-order chi connectivity index (χ1) is 19.6. The molecule has 4 heteroatoms. The number of hydrogen-bond donors (Lipinski definition) is 0. The van der Waals surface area contributed by atoms with Crippen LogP contribution in [0.3, 0.4) is 0 Å². The van der Waals surface area contributed by atoms with E-state index in [0.29, 0.717) is 0 Å². The van der Waals surface area contributed by atoms with Crippen molar-refractivity contribution in [3.05, 3.63) is 143 Å². The maximum atomic E-state index is 11.0. The van der Waals surface area contributed by atoms with E-state index >= 15 is 0 Å². The second kappa shape index (κ2) is 19.1. The Labute approximate surface area is 274 Å². The van der Waals surface area contributed by atoms with E-state index in [4.69, 9.17) is 0 Å². The van der Waals surface area contributed by atoms with Crippen LogP contribution in [0.1, 0.15) is 33.4 Å². The van der Waals surface area contributed by atoms with Crippen molar-refractivity contribution < 1.29 is 36.4 Å². The summed E-state index contributed by atoms with van der Waals surface area (Å²) in [5.41, 5.74) is 6.01. The molecule has 2 radical (unpaired) electrons. The van der Waals surface area contributed by atoms with Gasteiger partial charge in [-0.05, 0) is 27.7 Å². The predicted molar refractivity (Wildman–Crippen MR) is 177 cm³/mol. The number of rotatable bonds is 0. The molecule has 0 unspecified atom stereocenters. The fourth-order valence-corrected chi connectivity index (χ4v) is 4.21. The Kier molecular flexibility index (Phi) is 16.7. The fourth-order valence-electron chi connectivity index (χ4n) is 4.21. The van der Waals surface area contributed by atoms with Crippen molar-refractivity contribution in [1.82, 2.24) is 0 Å². The molecular formula is C38H42O2SiZr. The van der Waals surface area contributed by atoms with Crippen LogP contribution in [0.4, 0.5) is 0 Å².